The van der Waals surface area contributed by atoms with Crippen LogP contribution >= 0.6 is 0 Å². The third-order valence-electron chi connectivity index (χ3n) is 3.49. The molecule has 0 aliphatic carbocycles. The SMILES string of the molecule is CC1(Cn2cc(C(=O)O)c(=O)[nH]c2=O)CCOCC1. The van der Waals surface area contributed by atoms with Crippen molar-refractivity contribution in [3.05, 3.63) is 32.6 Å². The highest BCUT2D eigenvalue weighted by atomic mass is 16.5. The number of aromatic nitrogens is 2. The minimum absolute atomic E-state index is 0.129. The molecule has 0 amide bonds. The lowest BCUT2D eigenvalue weighted by molar-refractivity contribution is 0.0147. The molecular weight excluding hydrogens is 252 g/mol. The third-order valence-corrected chi connectivity index (χ3v) is 3.49. The van der Waals surface area contributed by atoms with Gasteiger partial charge in [0.05, 0.1) is 0 Å². The zero-order valence-corrected chi connectivity index (χ0v) is 10.6. The van der Waals surface area contributed by atoms with E-state index < -0.39 is 22.8 Å². The van der Waals surface area contributed by atoms with Gasteiger partial charge in [-0.25, -0.2) is 9.59 Å². The van der Waals surface area contributed by atoms with Gasteiger partial charge in [-0.2, -0.15) is 0 Å². The molecule has 1 saturated heterocycles. The Morgan fingerprint density at radius 3 is 2.68 bits per heavy atom. The summed E-state index contributed by atoms with van der Waals surface area (Å²) in [6.45, 7) is 3.64. The number of carboxylic acid groups (broad SMARTS) is 1. The van der Waals surface area contributed by atoms with Gasteiger partial charge in [-0.3, -0.25) is 14.3 Å². The van der Waals surface area contributed by atoms with E-state index in [0.717, 1.165) is 19.0 Å². The van der Waals surface area contributed by atoms with Crippen LogP contribution in [-0.2, 0) is 11.3 Å². The fraction of sp³-hybridized carbons (Fsp3) is 0.583. The van der Waals surface area contributed by atoms with Crippen LogP contribution in [0, 0.1) is 5.41 Å². The summed E-state index contributed by atoms with van der Waals surface area (Å²) >= 11 is 0. The van der Waals surface area contributed by atoms with Gasteiger partial charge in [-0.1, -0.05) is 6.92 Å². The molecule has 19 heavy (non-hydrogen) atoms. The summed E-state index contributed by atoms with van der Waals surface area (Å²) < 4.78 is 6.53. The van der Waals surface area contributed by atoms with Crippen LogP contribution in [0.3, 0.4) is 0 Å². The van der Waals surface area contributed by atoms with Crippen LogP contribution in [0.5, 0.6) is 0 Å². The number of nitrogens with zero attached hydrogens (tertiary/aromatic N) is 1. The van der Waals surface area contributed by atoms with Crippen molar-refractivity contribution in [2.45, 2.75) is 26.3 Å². The minimum atomic E-state index is -1.34. The molecule has 0 saturated carbocycles. The molecule has 0 spiro atoms. The zero-order valence-electron chi connectivity index (χ0n) is 10.6. The molecule has 1 aromatic heterocycles. The van der Waals surface area contributed by atoms with Crippen LogP contribution in [0.2, 0.25) is 0 Å². The Kier molecular flexibility index (Phi) is 3.57. The molecule has 1 fully saturated rings. The first-order valence-electron chi connectivity index (χ1n) is 6.06. The van der Waals surface area contributed by atoms with Crippen molar-refractivity contribution in [1.82, 2.24) is 9.55 Å². The fourth-order valence-electron chi connectivity index (χ4n) is 2.21. The number of ether oxygens (including phenoxy) is 1. The standard InChI is InChI=1S/C12H16N2O5/c1-12(2-4-19-5-3-12)7-14-6-8(10(16)17)9(15)13-11(14)18/h6H,2-5,7H2,1H3,(H,16,17)(H,13,15,18). The summed E-state index contributed by atoms with van der Waals surface area (Å²) in [4.78, 5) is 36.0. The predicted molar refractivity (Wildman–Crippen MR) is 66.4 cm³/mol. The topological polar surface area (TPSA) is 101 Å². The Hall–Kier alpha value is -1.89. The Morgan fingerprint density at radius 1 is 1.47 bits per heavy atom. The number of aromatic carboxylic acids is 1. The number of nitrogens with one attached hydrogen (secondary N) is 1. The molecule has 7 nitrogen and oxygen atoms in total. The lowest BCUT2D eigenvalue weighted by Crippen LogP contribution is -2.39. The summed E-state index contributed by atoms with van der Waals surface area (Å²) in [7, 11) is 0. The van der Waals surface area contributed by atoms with E-state index >= 15 is 0 Å². The van der Waals surface area contributed by atoms with Gasteiger partial charge in [0.1, 0.15) is 5.56 Å². The molecular formula is C12H16N2O5. The van der Waals surface area contributed by atoms with Crippen molar-refractivity contribution in [3.63, 3.8) is 0 Å². The molecule has 0 radical (unpaired) electrons. The summed E-state index contributed by atoms with van der Waals surface area (Å²) in [5.41, 5.74) is -2.00. The second-order valence-electron chi connectivity index (χ2n) is 5.16. The lowest BCUT2D eigenvalue weighted by atomic mass is 9.82. The van der Waals surface area contributed by atoms with Gasteiger partial charge in [0.25, 0.3) is 5.56 Å². The number of aromatic amines is 1. The molecule has 1 aliphatic heterocycles. The van der Waals surface area contributed by atoms with Crippen LogP contribution in [0.15, 0.2) is 15.8 Å². The number of rotatable bonds is 3. The number of carboxylic acids is 1. The number of carbonyl (C=O) groups is 1. The lowest BCUT2D eigenvalue weighted by Gasteiger charge is -2.33. The molecule has 2 N–H and O–H groups in total. The van der Waals surface area contributed by atoms with E-state index in [0.29, 0.717) is 19.8 Å². The summed E-state index contributed by atoms with van der Waals surface area (Å²) in [6.07, 6.45) is 2.70. The van der Waals surface area contributed by atoms with Gasteiger partial charge in [0.2, 0.25) is 0 Å². The van der Waals surface area contributed by atoms with E-state index in [9.17, 15) is 14.4 Å². The maximum absolute atomic E-state index is 11.7. The van der Waals surface area contributed by atoms with E-state index in [-0.39, 0.29) is 5.41 Å². The highest BCUT2D eigenvalue weighted by Gasteiger charge is 2.28. The van der Waals surface area contributed by atoms with E-state index in [1.54, 1.807) is 0 Å². The second-order valence-corrected chi connectivity index (χ2v) is 5.16. The van der Waals surface area contributed by atoms with Crippen LogP contribution in [0.1, 0.15) is 30.1 Å². The molecule has 1 aromatic rings. The van der Waals surface area contributed by atoms with Crippen molar-refractivity contribution in [2.24, 2.45) is 5.41 Å². The summed E-state index contributed by atoms with van der Waals surface area (Å²) in [5, 5.41) is 8.90. The molecule has 1 aliphatic rings. The van der Waals surface area contributed by atoms with E-state index in [1.165, 1.54) is 4.57 Å². The average molecular weight is 268 g/mol. The maximum Gasteiger partial charge on any atom is 0.342 e. The highest BCUT2D eigenvalue weighted by molar-refractivity contribution is 5.86. The number of hydrogen-bond donors (Lipinski definition) is 2. The van der Waals surface area contributed by atoms with Crippen LogP contribution < -0.4 is 11.2 Å². The van der Waals surface area contributed by atoms with E-state index in [2.05, 4.69) is 0 Å². The van der Waals surface area contributed by atoms with Crippen molar-refractivity contribution >= 4 is 5.97 Å². The van der Waals surface area contributed by atoms with Crippen LogP contribution in [0.4, 0.5) is 0 Å². The highest BCUT2D eigenvalue weighted by Crippen LogP contribution is 2.30. The maximum atomic E-state index is 11.7. The summed E-state index contributed by atoms with van der Waals surface area (Å²) in [6, 6.07) is 0. The Labute approximate surface area is 108 Å². The van der Waals surface area contributed by atoms with Crippen molar-refractivity contribution < 1.29 is 14.6 Å². The summed E-state index contributed by atoms with van der Waals surface area (Å²) in [5.74, 6) is -1.34. The van der Waals surface area contributed by atoms with Crippen molar-refractivity contribution in [3.8, 4) is 0 Å². The minimum Gasteiger partial charge on any atom is -0.477 e. The average Bonchev–Trinajstić information content (AvgIpc) is 2.33. The Bertz CT molecular complexity index is 595. The monoisotopic (exact) mass is 268 g/mol. The predicted octanol–water partition coefficient (Wildman–Crippen LogP) is 0.0515. The van der Waals surface area contributed by atoms with Crippen LogP contribution in [-0.4, -0.2) is 33.8 Å². The zero-order chi connectivity index (χ0) is 14.0. The molecule has 2 rings (SSSR count). The van der Waals surface area contributed by atoms with Gasteiger partial charge >= 0.3 is 11.7 Å². The van der Waals surface area contributed by atoms with Crippen molar-refractivity contribution in [1.29, 1.82) is 0 Å². The van der Waals surface area contributed by atoms with Gasteiger partial charge in [0, 0.05) is 26.0 Å². The first kappa shape index (κ1) is 13.5. The van der Waals surface area contributed by atoms with E-state index in [1.807, 2.05) is 11.9 Å². The Balaban J connectivity index is 2.34. The van der Waals surface area contributed by atoms with Crippen LogP contribution in [0.25, 0.3) is 0 Å². The molecule has 0 bridgehead atoms. The molecule has 0 aromatic carbocycles. The molecule has 0 unspecified atom stereocenters. The Morgan fingerprint density at radius 2 is 2.11 bits per heavy atom. The van der Waals surface area contributed by atoms with Gasteiger partial charge in [0.15, 0.2) is 0 Å². The van der Waals surface area contributed by atoms with Gasteiger partial charge < -0.3 is 9.84 Å². The molecule has 2 heterocycles. The fourth-order valence-corrected chi connectivity index (χ4v) is 2.21. The van der Waals surface area contributed by atoms with E-state index in [4.69, 9.17) is 9.84 Å². The van der Waals surface area contributed by atoms with Gasteiger partial charge in [-0.05, 0) is 18.3 Å². The smallest absolute Gasteiger partial charge is 0.342 e. The number of hydrogen-bond acceptors (Lipinski definition) is 4. The van der Waals surface area contributed by atoms with Gasteiger partial charge in [-0.15, -0.1) is 0 Å². The second kappa shape index (κ2) is 5.00. The third kappa shape index (κ3) is 2.93. The molecule has 7 heteroatoms. The largest absolute Gasteiger partial charge is 0.477 e. The molecule has 104 valence electrons. The molecule has 0 atom stereocenters. The van der Waals surface area contributed by atoms with Crippen molar-refractivity contribution in [2.75, 3.05) is 13.2 Å². The first-order valence-corrected chi connectivity index (χ1v) is 6.06. The quantitative estimate of drug-likeness (QED) is 0.806. The first-order chi connectivity index (χ1) is 8.91. The number of H-pyrrole nitrogens is 1. The normalized spacial score (nSPS) is 18.2.